The normalized spacial score (nSPS) is 30.4. The first kappa shape index (κ1) is 15.5. The number of morpholine rings is 1. The van der Waals surface area contributed by atoms with Crippen LogP contribution < -0.4 is 0 Å². The van der Waals surface area contributed by atoms with Crippen molar-refractivity contribution in [1.29, 1.82) is 0 Å². The van der Waals surface area contributed by atoms with Crippen LogP contribution in [0.25, 0.3) is 0 Å². The molecular weight excluding hydrogens is 298 g/mol. The minimum Gasteiger partial charge on any atom is -0.469 e. The summed E-state index contributed by atoms with van der Waals surface area (Å²) in [6, 6.07) is 8.11. The average Bonchev–Trinajstić information content (AvgIpc) is 2.56. The Balaban J connectivity index is 2.01. The Hall–Kier alpha value is -2.37. The van der Waals surface area contributed by atoms with E-state index in [2.05, 4.69) is 0 Å². The van der Waals surface area contributed by atoms with Crippen molar-refractivity contribution in [2.24, 2.45) is 11.8 Å². The van der Waals surface area contributed by atoms with Crippen LogP contribution in [0.15, 0.2) is 30.3 Å². The Morgan fingerprint density at radius 3 is 2.61 bits per heavy atom. The van der Waals surface area contributed by atoms with Crippen molar-refractivity contribution in [3.63, 3.8) is 0 Å². The lowest BCUT2D eigenvalue weighted by Crippen LogP contribution is -2.62. The first-order valence-electron chi connectivity index (χ1n) is 7.65. The maximum Gasteiger partial charge on any atom is 0.329 e. The smallest absolute Gasteiger partial charge is 0.329 e. The SMILES string of the molecule is COC(=O)[C@H]1[C@@H](C)CC(=O)N2[C@@H](c3ccccc3)COC(=O)[C@@H]12. The van der Waals surface area contributed by atoms with Gasteiger partial charge in [0.15, 0.2) is 0 Å². The molecule has 0 unspecified atom stereocenters. The summed E-state index contributed by atoms with van der Waals surface area (Å²) in [4.78, 5) is 38.6. The van der Waals surface area contributed by atoms with E-state index < -0.39 is 23.9 Å². The molecule has 2 fully saturated rings. The van der Waals surface area contributed by atoms with Gasteiger partial charge in [-0.2, -0.15) is 0 Å². The number of hydrogen-bond donors (Lipinski definition) is 0. The third kappa shape index (κ3) is 2.58. The molecule has 1 aromatic carbocycles. The van der Waals surface area contributed by atoms with Crippen LogP contribution in [-0.2, 0) is 23.9 Å². The van der Waals surface area contributed by atoms with Gasteiger partial charge in [-0.25, -0.2) is 4.79 Å². The van der Waals surface area contributed by atoms with Gasteiger partial charge in [0, 0.05) is 6.42 Å². The van der Waals surface area contributed by atoms with Crippen LogP contribution in [0.5, 0.6) is 0 Å². The molecule has 0 radical (unpaired) electrons. The molecule has 6 heteroatoms. The number of benzene rings is 1. The van der Waals surface area contributed by atoms with Crippen LogP contribution in [0.2, 0.25) is 0 Å². The lowest BCUT2D eigenvalue weighted by Gasteiger charge is -2.47. The fraction of sp³-hybridized carbons (Fsp3) is 0.471. The van der Waals surface area contributed by atoms with Crippen molar-refractivity contribution in [2.45, 2.75) is 25.4 Å². The van der Waals surface area contributed by atoms with E-state index in [0.29, 0.717) is 0 Å². The Kier molecular flexibility index (Phi) is 4.07. The second-order valence-corrected chi connectivity index (χ2v) is 6.03. The van der Waals surface area contributed by atoms with Crippen LogP contribution in [0, 0.1) is 11.8 Å². The standard InChI is InChI=1S/C17H19NO5/c1-10-8-13(19)18-12(11-6-4-3-5-7-11)9-23-17(21)15(18)14(10)16(20)22-2/h3-7,10,12,14-15H,8-9H2,1-2H3/t10-,12+,14-,15+/m0/s1. The molecule has 0 spiro atoms. The summed E-state index contributed by atoms with van der Waals surface area (Å²) in [5.74, 6) is -2.11. The molecule has 6 nitrogen and oxygen atoms in total. The lowest BCUT2D eigenvalue weighted by molar-refractivity contribution is -0.186. The number of methoxy groups -OCH3 is 1. The minimum atomic E-state index is -0.919. The highest BCUT2D eigenvalue weighted by molar-refractivity contribution is 5.93. The van der Waals surface area contributed by atoms with E-state index in [1.165, 1.54) is 12.0 Å². The van der Waals surface area contributed by atoms with E-state index in [1.54, 1.807) is 6.92 Å². The van der Waals surface area contributed by atoms with Gasteiger partial charge in [-0.15, -0.1) is 0 Å². The lowest BCUT2D eigenvalue weighted by atomic mass is 9.78. The molecule has 2 aliphatic rings. The van der Waals surface area contributed by atoms with Crippen LogP contribution in [-0.4, -0.2) is 42.5 Å². The quantitative estimate of drug-likeness (QED) is 0.769. The number of ether oxygens (including phenoxy) is 2. The second kappa shape index (κ2) is 6.02. The third-order valence-electron chi connectivity index (χ3n) is 4.66. The largest absolute Gasteiger partial charge is 0.469 e. The van der Waals surface area contributed by atoms with Crippen molar-refractivity contribution in [2.75, 3.05) is 13.7 Å². The molecule has 4 atom stereocenters. The van der Waals surface area contributed by atoms with Gasteiger partial charge in [0.25, 0.3) is 0 Å². The first-order valence-corrected chi connectivity index (χ1v) is 7.65. The van der Waals surface area contributed by atoms with Gasteiger partial charge in [0.05, 0.1) is 19.1 Å². The number of carbonyl (C=O) groups excluding carboxylic acids is 3. The number of piperidine rings is 1. The molecular formula is C17H19NO5. The van der Waals surface area contributed by atoms with Crippen LogP contribution in [0.3, 0.4) is 0 Å². The molecule has 0 N–H and O–H groups in total. The Morgan fingerprint density at radius 1 is 1.26 bits per heavy atom. The molecule has 0 aliphatic carbocycles. The van der Waals surface area contributed by atoms with Gasteiger partial charge in [0.2, 0.25) is 5.91 Å². The number of carbonyl (C=O) groups is 3. The third-order valence-corrected chi connectivity index (χ3v) is 4.66. The first-order chi connectivity index (χ1) is 11.0. The molecule has 2 aliphatic heterocycles. The monoisotopic (exact) mass is 317 g/mol. The summed E-state index contributed by atoms with van der Waals surface area (Å²) in [6.07, 6.45) is 0.215. The van der Waals surface area contributed by atoms with E-state index in [-0.39, 0.29) is 30.9 Å². The Labute approximate surface area is 134 Å². The van der Waals surface area contributed by atoms with Crippen molar-refractivity contribution in [3.05, 3.63) is 35.9 Å². The predicted octanol–water partition coefficient (Wildman–Crippen LogP) is 1.31. The fourth-order valence-electron chi connectivity index (χ4n) is 3.53. The van der Waals surface area contributed by atoms with Crippen LogP contribution >= 0.6 is 0 Å². The molecule has 3 rings (SSSR count). The molecule has 2 saturated heterocycles. The van der Waals surface area contributed by atoms with Gasteiger partial charge in [-0.1, -0.05) is 37.3 Å². The highest BCUT2D eigenvalue weighted by atomic mass is 16.5. The van der Waals surface area contributed by atoms with Crippen molar-refractivity contribution < 1.29 is 23.9 Å². The summed E-state index contributed by atoms with van der Waals surface area (Å²) in [7, 11) is 1.29. The average molecular weight is 317 g/mol. The minimum absolute atomic E-state index is 0.105. The number of hydrogen-bond acceptors (Lipinski definition) is 5. The van der Waals surface area contributed by atoms with Crippen molar-refractivity contribution in [3.8, 4) is 0 Å². The molecule has 23 heavy (non-hydrogen) atoms. The van der Waals surface area contributed by atoms with Gasteiger partial charge in [-0.3, -0.25) is 9.59 Å². The van der Waals surface area contributed by atoms with E-state index in [1.807, 2.05) is 30.3 Å². The topological polar surface area (TPSA) is 72.9 Å². The maximum absolute atomic E-state index is 12.6. The molecule has 0 bridgehead atoms. The Morgan fingerprint density at radius 2 is 1.96 bits per heavy atom. The number of cyclic esters (lactones) is 1. The zero-order valence-corrected chi connectivity index (χ0v) is 13.1. The second-order valence-electron chi connectivity index (χ2n) is 6.03. The zero-order valence-electron chi connectivity index (χ0n) is 13.1. The van der Waals surface area contributed by atoms with E-state index in [4.69, 9.17) is 9.47 Å². The number of esters is 2. The maximum atomic E-state index is 12.6. The van der Waals surface area contributed by atoms with E-state index in [9.17, 15) is 14.4 Å². The number of fused-ring (bicyclic) bond motifs is 1. The van der Waals surface area contributed by atoms with Crippen molar-refractivity contribution in [1.82, 2.24) is 4.90 Å². The number of amides is 1. The molecule has 2 heterocycles. The predicted molar refractivity (Wildman–Crippen MR) is 80.1 cm³/mol. The molecule has 1 aromatic rings. The molecule has 1 amide bonds. The van der Waals surface area contributed by atoms with E-state index >= 15 is 0 Å². The highest BCUT2D eigenvalue weighted by Gasteiger charge is 2.53. The highest BCUT2D eigenvalue weighted by Crippen LogP contribution is 2.39. The molecule has 0 aromatic heterocycles. The summed E-state index contributed by atoms with van der Waals surface area (Å²) in [5, 5.41) is 0. The Bertz CT molecular complexity index is 629. The van der Waals surface area contributed by atoms with E-state index in [0.717, 1.165) is 5.56 Å². The summed E-state index contributed by atoms with van der Waals surface area (Å²) >= 11 is 0. The van der Waals surface area contributed by atoms with Gasteiger partial charge < -0.3 is 14.4 Å². The van der Waals surface area contributed by atoms with Gasteiger partial charge in [-0.05, 0) is 11.5 Å². The number of nitrogens with zero attached hydrogens (tertiary/aromatic N) is 1. The van der Waals surface area contributed by atoms with Gasteiger partial charge in [0.1, 0.15) is 12.6 Å². The summed E-state index contributed by atoms with van der Waals surface area (Å²) in [6.45, 7) is 1.89. The summed E-state index contributed by atoms with van der Waals surface area (Å²) < 4.78 is 10.1. The van der Waals surface area contributed by atoms with Crippen molar-refractivity contribution >= 4 is 17.8 Å². The zero-order chi connectivity index (χ0) is 16.6. The number of rotatable bonds is 2. The van der Waals surface area contributed by atoms with Crippen LogP contribution in [0.4, 0.5) is 0 Å². The molecule has 0 saturated carbocycles. The van der Waals surface area contributed by atoms with Crippen LogP contribution in [0.1, 0.15) is 24.9 Å². The van der Waals surface area contributed by atoms with Gasteiger partial charge >= 0.3 is 11.9 Å². The summed E-state index contributed by atoms with van der Waals surface area (Å²) in [5.41, 5.74) is 0.886. The molecule has 122 valence electrons. The fourth-order valence-corrected chi connectivity index (χ4v) is 3.53.